The van der Waals surface area contributed by atoms with Gasteiger partial charge in [-0.25, -0.2) is 8.42 Å². The van der Waals surface area contributed by atoms with Gasteiger partial charge in [0, 0.05) is 18.7 Å². The highest BCUT2D eigenvalue weighted by Gasteiger charge is 2.30. The van der Waals surface area contributed by atoms with Crippen molar-refractivity contribution in [2.24, 2.45) is 5.92 Å². The lowest BCUT2D eigenvalue weighted by Gasteiger charge is -2.30. The number of rotatable bonds is 4. The summed E-state index contributed by atoms with van der Waals surface area (Å²) in [6.07, 6.45) is 1.95. The van der Waals surface area contributed by atoms with E-state index in [0.717, 1.165) is 24.0 Å². The molecule has 1 amide bonds. The van der Waals surface area contributed by atoms with E-state index >= 15 is 0 Å². The number of aromatic nitrogens is 2. The summed E-state index contributed by atoms with van der Waals surface area (Å²) in [5.41, 5.74) is 2.81. The molecule has 0 bridgehead atoms. The normalized spacial score (nSPS) is 18.1. The highest BCUT2D eigenvalue weighted by atomic mass is 32.2. The van der Waals surface area contributed by atoms with Crippen LogP contribution in [0.2, 0.25) is 0 Å². The molecule has 26 heavy (non-hydrogen) atoms. The Bertz CT molecular complexity index is 920. The summed E-state index contributed by atoms with van der Waals surface area (Å²) in [5, 5.41) is 6.98. The Balaban J connectivity index is 1.76. The lowest BCUT2D eigenvalue weighted by atomic mass is 10.0. The van der Waals surface area contributed by atoms with E-state index in [1.165, 1.54) is 0 Å². The zero-order valence-electron chi connectivity index (χ0n) is 15.2. The minimum atomic E-state index is -3.96. The van der Waals surface area contributed by atoms with Gasteiger partial charge in [-0.3, -0.25) is 4.79 Å². The van der Waals surface area contributed by atoms with Crippen molar-refractivity contribution in [1.82, 2.24) is 15.1 Å². The van der Waals surface area contributed by atoms with E-state index in [-0.39, 0.29) is 5.89 Å². The maximum atomic E-state index is 12.5. The lowest BCUT2D eigenvalue weighted by Crippen LogP contribution is -2.42. The Morgan fingerprint density at radius 3 is 2.73 bits per heavy atom. The summed E-state index contributed by atoms with van der Waals surface area (Å²) < 4.78 is 30.3. The second-order valence-corrected chi connectivity index (χ2v) is 8.89. The Kier molecular flexibility index (Phi) is 5.13. The van der Waals surface area contributed by atoms with Gasteiger partial charge in [-0.1, -0.05) is 18.1 Å². The zero-order chi connectivity index (χ0) is 18.9. The fourth-order valence-corrected chi connectivity index (χ4v) is 4.06. The van der Waals surface area contributed by atoms with Gasteiger partial charge in [-0.15, -0.1) is 5.10 Å². The smallest absolute Gasteiger partial charge is 0.336 e. The van der Waals surface area contributed by atoms with Crippen LogP contribution in [-0.4, -0.2) is 48.3 Å². The van der Waals surface area contributed by atoms with Crippen molar-refractivity contribution in [1.29, 1.82) is 0 Å². The number of piperidine rings is 1. The van der Waals surface area contributed by atoms with Crippen molar-refractivity contribution >= 4 is 15.7 Å². The number of likely N-dealkylation sites (tertiary alicyclic amines) is 1. The third-order valence-electron chi connectivity index (χ3n) is 4.75. The topological polar surface area (TPSA) is 93.4 Å². The average molecular weight is 377 g/mol. The van der Waals surface area contributed by atoms with Crippen LogP contribution in [0.3, 0.4) is 0 Å². The standard InChI is InChI=1S/C18H23N3O4S/c1-12-5-4-8-21(10-12)16(22)11-26(23,24)18-20-19-17(25-18)15-7-6-13(2)14(3)9-15/h6-7,9,12H,4-5,8,10-11H2,1-3H3. The summed E-state index contributed by atoms with van der Waals surface area (Å²) >= 11 is 0. The van der Waals surface area contributed by atoms with Gasteiger partial charge in [0.05, 0.1) is 0 Å². The first-order chi connectivity index (χ1) is 12.3. The summed E-state index contributed by atoms with van der Waals surface area (Å²) in [7, 11) is -3.96. The van der Waals surface area contributed by atoms with Gasteiger partial charge in [0.1, 0.15) is 5.75 Å². The summed E-state index contributed by atoms with van der Waals surface area (Å²) in [6, 6.07) is 5.57. The minimum Gasteiger partial charge on any atom is -0.408 e. The zero-order valence-corrected chi connectivity index (χ0v) is 16.0. The molecular formula is C18H23N3O4S. The highest BCUT2D eigenvalue weighted by Crippen LogP contribution is 2.23. The molecule has 0 radical (unpaired) electrons. The summed E-state index contributed by atoms with van der Waals surface area (Å²) in [5.74, 6) is -0.544. The van der Waals surface area contributed by atoms with E-state index in [1.807, 2.05) is 26.0 Å². The average Bonchev–Trinajstić information content (AvgIpc) is 3.08. The fraction of sp³-hybridized carbons (Fsp3) is 0.500. The largest absolute Gasteiger partial charge is 0.408 e. The molecule has 0 N–H and O–H groups in total. The number of benzene rings is 1. The highest BCUT2D eigenvalue weighted by molar-refractivity contribution is 7.91. The van der Waals surface area contributed by atoms with E-state index in [1.54, 1.807) is 11.0 Å². The number of amides is 1. The number of hydrogen-bond acceptors (Lipinski definition) is 6. The molecule has 3 rings (SSSR count). The molecule has 8 heteroatoms. The monoisotopic (exact) mass is 377 g/mol. The van der Waals surface area contributed by atoms with Gasteiger partial charge in [0.2, 0.25) is 21.6 Å². The van der Waals surface area contributed by atoms with E-state index in [2.05, 4.69) is 17.1 Å². The minimum absolute atomic E-state index is 0.130. The lowest BCUT2D eigenvalue weighted by molar-refractivity contribution is -0.130. The second-order valence-electron chi connectivity index (χ2n) is 7.02. The summed E-state index contributed by atoms with van der Waals surface area (Å²) in [6.45, 7) is 7.17. The molecular weight excluding hydrogens is 354 g/mol. The SMILES string of the molecule is Cc1ccc(-c2nnc(S(=O)(=O)CC(=O)N3CCCC(C)C3)o2)cc1C. The first-order valence-corrected chi connectivity index (χ1v) is 10.3. The predicted octanol–water partition coefficient (Wildman–Crippen LogP) is 2.39. The number of nitrogens with zero attached hydrogens (tertiary/aromatic N) is 3. The number of hydrogen-bond donors (Lipinski definition) is 0. The Labute approximate surface area is 153 Å². The van der Waals surface area contributed by atoms with Crippen molar-refractivity contribution in [3.8, 4) is 11.5 Å². The molecule has 0 saturated carbocycles. The van der Waals surface area contributed by atoms with Crippen molar-refractivity contribution < 1.29 is 17.6 Å². The molecule has 0 spiro atoms. The quantitative estimate of drug-likeness (QED) is 0.812. The van der Waals surface area contributed by atoms with Crippen LogP contribution in [0.4, 0.5) is 0 Å². The van der Waals surface area contributed by atoms with Crippen LogP contribution < -0.4 is 0 Å². The molecule has 1 aromatic heterocycles. The third-order valence-corrected chi connectivity index (χ3v) is 6.07. The molecule has 1 saturated heterocycles. The van der Waals surface area contributed by atoms with Crippen molar-refractivity contribution in [3.63, 3.8) is 0 Å². The Hall–Kier alpha value is -2.22. The van der Waals surface area contributed by atoms with Crippen LogP contribution in [0.25, 0.3) is 11.5 Å². The molecule has 7 nitrogen and oxygen atoms in total. The van der Waals surface area contributed by atoms with Crippen LogP contribution in [0.15, 0.2) is 27.8 Å². The van der Waals surface area contributed by atoms with Crippen LogP contribution in [0, 0.1) is 19.8 Å². The van der Waals surface area contributed by atoms with Crippen LogP contribution in [0.5, 0.6) is 0 Å². The van der Waals surface area contributed by atoms with Crippen molar-refractivity contribution in [3.05, 3.63) is 29.3 Å². The predicted molar refractivity (Wildman–Crippen MR) is 96.2 cm³/mol. The molecule has 1 unspecified atom stereocenters. The molecule has 0 aliphatic carbocycles. The van der Waals surface area contributed by atoms with Gasteiger partial charge >= 0.3 is 5.22 Å². The first kappa shape index (κ1) is 18.6. The van der Waals surface area contributed by atoms with Crippen molar-refractivity contribution in [2.75, 3.05) is 18.8 Å². The molecule has 1 aliphatic heterocycles. The number of carbonyl (C=O) groups excluding carboxylic acids is 1. The van der Waals surface area contributed by atoms with Crippen LogP contribution in [-0.2, 0) is 14.6 Å². The van der Waals surface area contributed by atoms with Gasteiger partial charge in [0.15, 0.2) is 0 Å². The second kappa shape index (κ2) is 7.19. The van der Waals surface area contributed by atoms with Crippen molar-refractivity contribution in [2.45, 2.75) is 38.8 Å². The maximum absolute atomic E-state index is 12.5. The molecule has 2 heterocycles. The van der Waals surface area contributed by atoms with E-state index < -0.39 is 26.7 Å². The molecule has 2 aromatic rings. The third kappa shape index (κ3) is 3.95. The van der Waals surface area contributed by atoms with Crippen LogP contribution in [0.1, 0.15) is 30.9 Å². The number of sulfone groups is 1. The van der Waals surface area contributed by atoms with E-state index in [4.69, 9.17) is 4.42 Å². The van der Waals surface area contributed by atoms with Gasteiger partial charge in [-0.05, 0) is 55.9 Å². The first-order valence-electron chi connectivity index (χ1n) is 8.68. The molecule has 1 atom stereocenters. The number of aryl methyl sites for hydroxylation is 2. The maximum Gasteiger partial charge on any atom is 0.336 e. The van der Waals surface area contributed by atoms with Gasteiger partial charge in [0.25, 0.3) is 0 Å². The van der Waals surface area contributed by atoms with Gasteiger partial charge < -0.3 is 9.32 Å². The molecule has 1 fully saturated rings. The van der Waals surface area contributed by atoms with E-state index in [0.29, 0.717) is 24.6 Å². The van der Waals surface area contributed by atoms with Crippen LogP contribution >= 0.6 is 0 Å². The number of carbonyl (C=O) groups is 1. The molecule has 140 valence electrons. The van der Waals surface area contributed by atoms with Gasteiger partial charge in [-0.2, -0.15) is 0 Å². The Morgan fingerprint density at radius 1 is 1.27 bits per heavy atom. The fourth-order valence-electron chi connectivity index (χ4n) is 3.06. The molecule has 1 aromatic carbocycles. The summed E-state index contributed by atoms with van der Waals surface area (Å²) in [4.78, 5) is 14.0. The Morgan fingerprint density at radius 2 is 2.04 bits per heavy atom. The van der Waals surface area contributed by atoms with E-state index in [9.17, 15) is 13.2 Å². The molecule has 1 aliphatic rings.